The molecule has 0 aliphatic rings. The quantitative estimate of drug-likeness (QED) is 0.555. The maximum absolute atomic E-state index is 12.3. The Morgan fingerprint density at radius 3 is 2.41 bits per heavy atom. The molecule has 2 aromatic rings. The molecule has 0 aliphatic carbocycles. The number of guanidine groups is 1. The third-order valence-electron chi connectivity index (χ3n) is 4.33. The second-order valence-corrected chi connectivity index (χ2v) is 6.10. The van der Waals surface area contributed by atoms with E-state index in [2.05, 4.69) is 20.6 Å². The van der Waals surface area contributed by atoms with Crippen molar-refractivity contribution in [2.45, 2.75) is 26.8 Å². The van der Waals surface area contributed by atoms with E-state index in [1.54, 1.807) is 13.2 Å². The molecule has 0 aliphatic heterocycles. The Kier molecular flexibility index (Phi) is 8.29. The maximum atomic E-state index is 12.3. The predicted octanol–water partition coefficient (Wildman–Crippen LogP) is 2.47. The summed E-state index contributed by atoms with van der Waals surface area (Å²) >= 11 is 0. The predicted molar refractivity (Wildman–Crippen MR) is 110 cm³/mol. The Morgan fingerprint density at radius 1 is 1.07 bits per heavy atom. The maximum Gasteiger partial charge on any atom is 0.253 e. The number of hydrogen-bond acceptors (Lipinski definition) is 3. The van der Waals surface area contributed by atoms with Gasteiger partial charge >= 0.3 is 0 Å². The first-order valence-corrected chi connectivity index (χ1v) is 9.40. The molecule has 27 heavy (non-hydrogen) atoms. The number of aromatic nitrogens is 1. The van der Waals surface area contributed by atoms with Crippen molar-refractivity contribution in [2.24, 2.45) is 4.99 Å². The van der Waals surface area contributed by atoms with Crippen LogP contribution in [0.25, 0.3) is 0 Å². The normalized spacial score (nSPS) is 11.1. The molecule has 6 heteroatoms. The molecular weight excluding hydrogens is 338 g/mol. The minimum Gasteiger partial charge on any atom is -0.356 e. The van der Waals surface area contributed by atoms with Crippen LogP contribution in [0.1, 0.15) is 35.5 Å². The van der Waals surface area contributed by atoms with Crippen LogP contribution in [-0.2, 0) is 13.0 Å². The van der Waals surface area contributed by atoms with Crippen LogP contribution in [0.4, 0.5) is 0 Å². The monoisotopic (exact) mass is 367 g/mol. The molecule has 0 atom stereocenters. The number of benzene rings is 1. The lowest BCUT2D eigenvalue weighted by Gasteiger charge is -2.18. The third kappa shape index (κ3) is 6.40. The van der Waals surface area contributed by atoms with Gasteiger partial charge in [0.1, 0.15) is 0 Å². The summed E-state index contributed by atoms with van der Waals surface area (Å²) in [5.74, 6) is 0.820. The minimum atomic E-state index is 0.0755. The molecule has 1 amide bonds. The summed E-state index contributed by atoms with van der Waals surface area (Å²) in [7, 11) is 1.75. The molecule has 0 spiro atoms. The Bertz CT molecular complexity index is 724. The molecule has 1 aromatic heterocycles. The van der Waals surface area contributed by atoms with E-state index in [-0.39, 0.29) is 5.91 Å². The summed E-state index contributed by atoms with van der Waals surface area (Å²) in [6, 6.07) is 13.6. The van der Waals surface area contributed by atoms with Gasteiger partial charge in [0.15, 0.2) is 5.96 Å². The highest BCUT2D eigenvalue weighted by Gasteiger charge is 2.11. The lowest BCUT2D eigenvalue weighted by atomic mass is 10.1. The fraction of sp³-hybridized carbons (Fsp3) is 0.381. The number of carbonyl (C=O) groups is 1. The summed E-state index contributed by atoms with van der Waals surface area (Å²) in [6.07, 6.45) is 2.64. The van der Waals surface area contributed by atoms with Gasteiger partial charge in [0.2, 0.25) is 0 Å². The Hall–Kier alpha value is -2.89. The highest BCUT2D eigenvalue weighted by molar-refractivity contribution is 5.94. The summed E-state index contributed by atoms with van der Waals surface area (Å²) in [4.78, 5) is 22.7. The Balaban J connectivity index is 1.81. The SMILES string of the molecule is CCN(CC)C(=O)c1ccc(CNC(=NC)NCCc2ccccn2)cc1. The van der Waals surface area contributed by atoms with E-state index in [9.17, 15) is 4.79 Å². The van der Waals surface area contributed by atoms with Gasteiger partial charge in [-0.05, 0) is 43.7 Å². The number of pyridine rings is 1. The summed E-state index contributed by atoms with van der Waals surface area (Å²) in [5.41, 5.74) is 2.87. The van der Waals surface area contributed by atoms with Gasteiger partial charge in [0.05, 0.1) is 0 Å². The van der Waals surface area contributed by atoms with Crippen molar-refractivity contribution in [1.29, 1.82) is 0 Å². The zero-order valence-corrected chi connectivity index (χ0v) is 16.4. The molecule has 0 unspecified atom stereocenters. The zero-order valence-electron chi connectivity index (χ0n) is 16.4. The molecule has 6 nitrogen and oxygen atoms in total. The van der Waals surface area contributed by atoms with Crippen molar-refractivity contribution in [3.05, 3.63) is 65.5 Å². The van der Waals surface area contributed by atoms with E-state index in [0.717, 1.165) is 48.8 Å². The van der Waals surface area contributed by atoms with E-state index in [4.69, 9.17) is 0 Å². The molecule has 0 saturated heterocycles. The molecule has 1 heterocycles. The van der Waals surface area contributed by atoms with Gasteiger partial charge < -0.3 is 15.5 Å². The minimum absolute atomic E-state index is 0.0755. The second-order valence-electron chi connectivity index (χ2n) is 6.10. The van der Waals surface area contributed by atoms with Gasteiger partial charge in [-0.3, -0.25) is 14.8 Å². The standard InChI is InChI=1S/C21H29N5O/c1-4-26(5-2)20(27)18-11-9-17(10-12-18)16-25-21(22-3)24-15-13-19-8-6-7-14-23-19/h6-12,14H,4-5,13,15-16H2,1-3H3,(H2,22,24,25). The second kappa shape index (κ2) is 11.0. The third-order valence-corrected chi connectivity index (χ3v) is 4.33. The fourth-order valence-electron chi connectivity index (χ4n) is 2.72. The number of nitrogens with zero attached hydrogens (tertiary/aromatic N) is 3. The fourth-order valence-corrected chi connectivity index (χ4v) is 2.72. The van der Waals surface area contributed by atoms with Crippen LogP contribution < -0.4 is 10.6 Å². The lowest BCUT2D eigenvalue weighted by molar-refractivity contribution is 0.0773. The van der Waals surface area contributed by atoms with E-state index >= 15 is 0 Å². The first-order chi connectivity index (χ1) is 13.2. The molecule has 0 fully saturated rings. The molecular formula is C21H29N5O. The van der Waals surface area contributed by atoms with Gasteiger partial charge in [-0.1, -0.05) is 18.2 Å². The summed E-state index contributed by atoms with van der Waals surface area (Å²) < 4.78 is 0. The molecule has 2 rings (SSSR count). The van der Waals surface area contributed by atoms with Crippen LogP contribution in [0.15, 0.2) is 53.7 Å². The first kappa shape index (κ1) is 20.4. The molecule has 144 valence electrons. The molecule has 0 bridgehead atoms. The van der Waals surface area contributed by atoms with Crippen molar-refractivity contribution >= 4 is 11.9 Å². The van der Waals surface area contributed by atoms with Crippen LogP contribution in [-0.4, -0.2) is 48.4 Å². The van der Waals surface area contributed by atoms with Gasteiger partial charge in [-0.15, -0.1) is 0 Å². The van der Waals surface area contributed by atoms with Gasteiger partial charge in [0.25, 0.3) is 5.91 Å². The van der Waals surface area contributed by atoms with E-state index < -0.39 is 0 Å². The smallest absolute Gasteiger partial charge is 0.253 e. The lowest BCUT2D eigenvalue weighted by Crippen LogP contribution is -2.37. The number of rotatable bonds is 8. The van der Waals surface area contributed by atoms with Crippen molar-refractivity contribution < 1.29 is 4.79 Å². The average Bonchev–Trinajstić information content (AvgIpc) is 2.72. The van der Waals surface area contributed by atoms with Crippen molar-refractivity contribution in [1.82, 2.24) is 20.5 Å². The Morgan fingerprint density at radius 2 is 1.81 bits per heavy atom. The zero-order chi connectivity index (χ0) is 19.5. The van der Waals surface area contributed by atoms with Crippen LogP contribution >= 0.6 is 0 Å². The molecule has 2 N–H and O–H groups in total. The number of hydrogen-bond donors (Lipinski definition) is 2. The topological polar surface area (TPSA) is 69.6 Å². The Labute approximate surface area is 161 Å². The van der Waals surface area contributed by atoms with E-state index in [1.165, 1.54) is 0 Å². The number of amides is 1. The van der Waals surface area contributed by atoms with Gasteiger partial charge in [-0.2, -0.15) is 0 Å². The highest BCUT2D eigenvalue weighted by atomic mass is 16.2. The van der Waals surface area contributed by atoms with Crippen LogP contribution in [0, 0.1) is 0 Å². The van der Waals surface area contributed by atoms with Crippen molar-refractivity contribution in [2.75, 3.05) is 26.7 Å². The van der Waals surface area contributed by atoms with E-state index in [0.29, 0.717) is 6.54 Å². The molecule has 0 saturated carbocycles. The van der Waals surface area contributed by atoms with E-state index in [1.807, 2.05) is 61.2 Å². The summed E-state index contributed by atoms with van der Waals surface area (Å²) in [6.45, 7) is 6.83. The van der Waals surface area contributed by atoms with Crippen molar-refractivity contribution in [3.63, 3.8) is 0 Å². The molecule has 0 radical (unpaired) electrons. The average molecular weight is 367 g/mol. The largest absolute Gasteiger partial charge is 0.356 e. The number of carbonyl (C=O) groups excluding carboxylic acids is 1. The van der Waals surface area contributed by atoms with Gasteiger partial charge in [0, 0.05) is 57.1 Å². The van der Waals surface area contributed by atoms with Crippen molar-refractivity contribution in [3.8, 4) is 0 Å². The first-order valence-electron chi connectivity index (χ1n) is 9.40. The summed E-state index contributed by atoms with van der Waals surface area (Å²) in [5, 5.41) is 6.57. The van der Waals surface area contributed by atoms with Crippen LogP contribution in [0.5, 0.6) is 0 Å². The molecule has 1 aromatic carbocycles. The number of aliphatic imine (C=N–C) groups is 1. The van der Waals surface area contributed by atoms with Crippen LogP contribution in [0.3, 0.4) is 0 Å². The van der Waals surface area contributed by atoms with Gasteiger partial charge in [-0.25, -0.2) is 0 Å². The van der Waals surface area contributed by atoms with Crippen LogP contribution in [0.2, 0.25) is 0 Å². The highest BCUT2D eigenvalue weighted by Crippen LogP contribution is 2.08. The number of nitrogens with one attached hydrogen (secondary N) is 2.